The second kappa shape index (κ2) is 6.04. The average molecular weight is 330 g/mol. The molecule has 5 heteroatoms. The highest BCUT2D eigenvalue weighted by Gasteiger charge is 2.32. The lowest BCUT2D eigenvalue weighted by Crippen LogP contribution is -2.24. The van der Waals surface area contributed by atoms with Gasteiger partial charge < -0.3 is 9.72 Å². The van der Waals surface area contributed by atoms with Gasteiger partial charge in [-0.25, -0.2) is 4.79 Å². The molecule has 0 atom stereocenters. The van der Waals surface area contributed by atoms with E-state index >= 15 is 0 Å². The third kappa shape index (κ3) is 3.66. The Morgan fingerprint density at radius 3 is 2.38 bits per heavy atom. The summed E-state index contributed by atoms with van der Waals surface area (Å²) in [7, 11) is 0. The zero-order valence-electron chi connectivity index (χ0n) is 15.5. The zero-order valence-corrected chi connectivity index (χ0v) is 15.5. The van der Waals surface area contributed by atoms with Crippen molar-refractivity contribution in [2.75, 3.05) is 0 Å². The monoisotopic (exact) mass is 330 g/mol. The van der Waals surface area contributed by atoms with Gasteiger partial charge in [-0.1, -0.05) is 13.8 Å². The van der Waals surface area contributed by atoms with E-state index in [9.17, 15) is 9.59 Å². The van der Waals surface area contributed by atoms with Crippen LogP contribution in [0.2, 0.25) is 0 Å². The number of allylic oxidation sites excluding steroid dienone is 1. The van der Waals surface area contributed by atoms with Crippen molar-refractivity contribution in [3.63, 3.8) is 0 Å². The van der Waals surface area contributed by atoms with Gasteiger partial charge in [0.2, 0.25) is 0 Å². The summed E-state index contributed by atoms with van der Waals surface area (Å²) in [6.45, 7) is 13.5. The number of esters is 1. The molecular formula is C19H26N2O3. The quantitative estimate of drug-likeness (QED) is 0.672. The molecule has 0 aliphatic carbocycles. The van der Waals surface area contributed by atoms with E-state index in [0.717, 1.165) is 28.8 Å². The smallest absolute Gasteiger partial charge is 0.355 e. The lowest BCUT2D eigenvalue weighted by Gasteiger charge is -2.19. The molecule has 1 aromatic heterocycles. The van der Waals surface area contributed by atoms with E-state index in [4.69, 9.17) is 4.74 Å². The van der Waals surface area contributed by atoms with Gasteiger partial charge in [0.1, 0.15) is 11.3 Å². The van der Waals surface area contributed by atoms with Gasteiger partial charge >= 0.3 is 5.97 Å². The first-order valence-corrected chi connectivity index (χ1v) is 8.12. The normalized spacial score (nSPS) is 18.6. The maximum Gasteiger partial charge on any atom is 0.355 e. The highest BCUT2D eigenvalue weighted by atomic mass is 16.6. The number of aliphatic imine (C=N–C) groups is 1. The van der Waals surface area contributed by atoms with Crippen molar-refractivity contribution in [3.8, 4) is 0 Å². The van der Waals surface area contributed by atoms with Crippen LogP contribution in [0.5, 0.6) is 0 Å². The Hall–Kier alpha value is -2.17. The summed E-state index contributed by atoms with van der Waals surface area (Å²) in [5.41, 5.74) is 3.78. The van der Waals surface area contributed by atoms with Crippen molar-refractivity contribution in [2.45, 2.75) is 60.5 Å². The molecule has 2 rings (SSSR count). The number of H-pyrrole nitrogens is 1. The zero-order chi connectivity index (χ0) is 18.3. The summed E-state index contributed by atoms with van der Waals surface area (Å²) in [5.74, 6) is -0.365. The van der Waals surface area contributed by atoms with Gasteiger partial charge in [0.25, 0.3) is 0 Å². The fourth-order valence-electron chi connectivity index (χ4n) is 2.71. The van der Waals surface area contributed by atoms with Crippen LogP contribution in [0.15, 0.2) is 10.7 Å². The van der Waals surface area contributed by atoms with Gasteiger partial charge in [0.15, 0.2) is 6.29 Å². The van der Waals surface area contributed by atoms with Crippen molar-refractivity contribution in [3.05, 3.63) is 28.2 Å². The molecule has 1 aromatic rings. The molecule has 24 heavy (non-hydrogen) atoms. The SMILES string of the molecule is Cc1c(/C=C2\N=C(C=O)CC2(C)C)[nH]c(C(=O)OC(C)(C)C)c1C. The minimum absolute atomic E-state index is 0.201. The van der Waals surface area contributed by atoms with Crippen LogP contribution in [0.1, 0.15) is 68.3 Å². The van der Waals surface area contributed by atoms with Crippen LogP contribution < -0.4 is 0 Å². The minimum atomic E-state index is -0.544. The van der Waals surface area contributed by atoms with E-state index in [1.54, 1.807) is 0 Å². The number of rotatable bonds is 3. The number of carbonyl (C=O) groups is 2. The van der Waals surface area contributed by atoms with Crippen LogP contribution >= 0.6 is 0 Å². The Morgan fingerprint density at radius 1 is 1.25 bits per heavy atom. The molecule has 1 aliphatic rings. The first-order chi connectivity index (χ1) is 10.9. The van der Waals surface area contributed by atoms with E-state index in [1.807, 2.05) is 40.7 Å². The van der Waals surface area contributed by atoms with Gasteiger partial charge in [-0.15, -0.1) is 0 Å². The van der Waals surface area contributed by atoms with Gasteiger partial charge in [0.05, 0.1) is 5.71 Å². The number of hydrogen-bond acceptors (Lipinski definition) is 4. The van der Waals surface area contributed by atoms with Gasteiger partial charge in [-0.2, -0.15) is 0 Å². The molecule has 130 valence electrons. The van der Waals surface area contributed by atoms with E-state index in [0.29, 0.717) is 17.8 Å². The van der Waals surface area contributed by atoms with Crippen LogP contribution in [-0.4, -0.2) is 28.6 Å². The molecule has 0 saturated heterocycles. The predicted molar refractivity (Wildman–Crippen MR) is 95.3 cm³/mol. The summed E-state index contributed by atoms with van der Waals surface area (Å²) in [6, 6.07) is 0. The fourth-order valence-corrected chi connectivity index (χ4v) is 2.71. The molecule has 0 spiro atoms. The van der Waals surface area contributed by atoms with Crippen LogP contribution in [0.3, 0.4) is 0 Å². The Labute approximate surface area is 143 Å². The molecule has 1 N–H and O–H groups in total. The Bertz CT molecular complexity index is 743. The lowest BCUT2D eigenvalue weighted by atomic mass is 9.86. The molecule has 0 aromatic carbocycles. The molecule has 5 nitrogen and oxygen atoms in total. The van der Waals surface area contributed by atoms with E-state index in [1.165, 1.54) is 0 Å². The first-order valence-electron chi connectivity index (χ1n) is 8.12. The van der Waals surface area contributed by atoms with E-state index < -0.39 is 5.60 Å². The number of carbonyl (C=O) groups excluding carboxylic acids is 2. The lowest BCUT2D eigenvalue weighted by molar-refractivity contribution is -0.102. The van der Waals surface area contributed by atoms with Crippen molar-refractivity contribution in [1.29, 1.82) is 0 Å². The van der Waals surface area contributed by atoms with Gasteiger partial charge in [-0.05, 0) is 51.8 Å². The standard InChI is InChI=1S/C19H26N2O3/c1-11-12(2)16(17(23)24-18(3,4)5)21-14(11)8-15-19(6,7)9-13(10-22)20-15/h8,10,21H,9H2,1-7H3/b15-8-. The third-order valence-electron chi connectivity index (χ3n) is 4.20. The first kappa shape index (κ1) is 18.2. The summed E-state index contributed by atoms with van der Waals surface area (Å²) in [5, 5.41) is 0. The van der Waals surface area contributed by atoms with Crippen LogP contribution in [0.4, 0.5) is 0 Å². The number of aromatic nitrogens is 1. The molecule has 0 radical (unpaired) electrons. The summed E-state index contributed by atoms with van der Waals surface area (Å²) >= 11 is 0. The summed E-state index contributed by atoms with van der Waals surface area (Å²) < 4.78 is 5.45. The number of hydrogen-bond donors (Lipinski definition) is 1. The molecule has 0 amide bonds. The Kier molecular flexibility index (Phi) is 4.57. The number of ether oxygens (including phenoxy) is 1. The minimum Gasteiger partial charge on any atom is -0.455 e. The predicted octanol–water partition coefficient (Wildman–Crippen LogP) is 4.00. The number of nitrogens with one attached hydrogen (secondary N) is 1. The largest absolute Gasteiger partial charge is 0.455 e. The van der Waals surface area contributed by atoms with E-state index in [2.05, 4.69) is 23.8 Å². The van der Waals surface area contributed by atoms with Crippen molar-refractivity contribution >= 4 is 24.0 Å². The number of aldehydes is 1. The average Bonchev–Trinajstić information content (AvgIpc) is 2.88. The maximum atomic E-state index is 12.4. The highest BCUT2D eigenvalue weighted by molar-refractivity contribution is 6.29. The van der Waals surface area contributed by atoms with Crippen LogP contribution in [0, 0.1) is 19.3 Å². The Balaban J connectivity index is 2.42. The van der Waals surface area contributed by atoms with Gasteiger partial charge in [-0.3, -0.25) is 9.79 Å². The van der Waals surface area contributed by atoms with Crippen LogP contribution in [-0.2, 0) is 9.53 Å². The summed E-state index contributed by atoms with van der Waals surface area (Å²) in [6.07, 6.45) is 3.36. The molecule has 0 bridgehead atoms. The summed E-state index contributed by atoms with van der Waals surface area (Å²) in [4.78, 5) is 30.9. The van der Waals surface area contributed by atoms with Crippen molar-refractivity contribution in [1.82, 2.24) is 4.98 Å². The molecule has 1 aliphatic heterocycles. The van der Waals surface area contributed by atoms with Crippen LogP contribution in [0.25, 0.3) is 6.08 Å². The molecular weight excluding hydrogens is 304 g/mol. The van der Waals surface area contributed by atoms with E-state index in [-0.39, 0.29) is 11.4 Å². The maximum absolute atomic E-state index is 12.4. The number of nitrogens with zero attached hydrogens (tertiary/aromatic N) is 1. The molecule has 2 heterocycles. The molecule has 0 saturated carbocycles. The van der Waals surface area contributed by atoms with Crippen molar-refractivity contribution in [2.24, 2.45) is 10.4 Å². The fraction of sp³-hybridized carbons (Fsp3) is 0.526. The van der Waals surface area contributed by atoms with Crippen molar-refractivity contribution < 1.29 is 14.3 Å². The van der Waals surface area contributed by atoms with Gasteiger partial charge in [0, 0.05) is 23.2 Å². The molecule has 0 fully saturated rings. The topological polar surface area (TPSA) is 71.5 Å². The highest BCUT2D eigenvalue weighted by Crippen LogP contribution is 2.38. The second-order valence-electron chi connectivity index (χ2n) is 7.98. The Morgan fingerprint density at radius 2 is 1.88 bits per heavy atom. The number of aromatic amines is 1. The molecule has 0 unspecified atom stereocenters. The second-order valence-corrected chi connectivity index (χ2v) is 7.98. The third-order valence-corrected chi connectivity index (χ3v) is 4.20.